The van der Waals surface area contributed by atoms with Crippen molar-refractivity contribution in [1.29, 1.82) is 0 Å². The monoisotopic (exact) mass is 290 g/mol. The number of hydrogen-bond acceptors (Lipinski definition) is 5. The average Bonchev–Trinajstić information content (AvgIpc) is 2.29. The summed E-state index contributed by atoms with van der Waals surface area (Å²) in [5.41, 5.74) is 0.720. The third-order valence-corrected chi connectivity index (χ3v) is 3.95. The first kappa shape index (κ1) is 18.1. The number of hydrogen-bond donors (Lipinski definition) is 0. The Morgan fingerprint density at radius 3 is 2.16 bits per heavy atom. The van der Waals surface area contributed by atoms with Gasteiger partial charge in [0.1, 0.15) is 0 Å². The Bertz CT molecular complexity index is 363. The van der Waals surface area contributed by atoms with Crippen molar-refractivity contribution in [2.45, 2.75) is 27.7 Å². The third-order valence-electron chi connectivity index (χ3n) is 1.99. The first-order chi connectivity index (χ1) is 8.97. The lowest BCUT2D eigenvalue weighted by Gasteiger charge is -2.14. The molecular formula is C13H23O5P. The Morgan fingerprint density at radius 2 is 1.68 bits per heavy atom. The molecule has 0 rings (SSSR count). The van der Waals surface area contributed by atoms with Crippen molar-refractivity contribution in [2.24, 2.45) is 0 Å². The van der Waals surface area contributed by atoms with Crippen LogP contribution in [0, 0.1) is 0 Å². The molecule has 0 N–H and O–H groups in total. The number of rotatable bonds is 9. The Kier molecular flexibility index (Phi) is 9.48. The largest absolute Gasteiger partial charge is 0.463 e. The van der Waals surface area contributed by atoms with Crippen LogP contribution < -0.4 is 0 Å². The molecule has 5 nitrogen and oxygen atoms in total. The van der Waals surface area contributed by atoms with Gasteiger partial charge in [0.25, 0.3) is 0 Å². The highest BCUT2D eigenvalue weighted by molar-refractivity contribution is 7.54. The number of carbonyl (C=O) groups excluding carboxylic acids is 1. The molecule has 0 unspecified atom stereocenters. The van der Waals surface area contributed by atoms with Gasteiger partial charge in [-0.3, -0.25) is 4.57 Å². The second-order valence-electron chi connectivity index (χ2n) is 3.67. The minimum atomic E-state index is -3.05. The molecule has 0 spiro atoms. The summed E-state index contributed by atoms with van der Waals surface area (Å²) in [6.07, 6.45) is 4.94. The van der Waals surface area contributed by atoms with E-state index in [4.69, 9.17) is 13.8 Å². The molecule has 0 aliphatic carbocycles. The minimum absolute atomic E-state index is 0.183. The van der Waals surface area contributed by atoms with Crippen molar-refractivity contribution in [1.82, 2.24) is 0 Å². The van der Waals surface area contributed by atoms with Gasteiger partial charge >= 0.3 is 13.6 Å². The molecule has 0 aliphatic heterocycles. The van der Waals surface area contributed by atoms with E-state index < -0.39 is 7.60 Å². The van der Waals surface area contributed by atoms with E-state index in [1.807, 2.05) is 0 Å². The average molecular weight is 290 g/mol. The maximum Gasteiger partial charge on any atom is 0.334 e. The van der Waals surface area contributed by atoms with Gasteiger partial charge in [-0.05, 0) is 33.3 Å². The zero-order valence-electron chi connectivity index (χ0n) is 12.0. The van der Waals surface area contributed by atoms with E-state index in [1.54, 1.807) is 39.8 Å². The van der Waals surface area contributed by atoms with Crippen LogP contribution in [0.4, 0.5) is 0 Å². The van der Waals surface area contributed by atoms with Gasteiger partial charge in [-0.15, -0.1) is 0 Å². The van der Waals surface area contributed by atoms with Crippen molar-refractivity contribution >= 4 is 13.6 Å². The van der Waals surface area contributed by atoms with Crippen LogP contribution in [0.1, 0.15) is 27.7 Å². The van der Waals surface area contributed by atoms with Gasteiger partial charge in [-0.1, -0.05) is 12.2 Å². The molecule has 110 valence electrons. The van der Waals surface area contributed by atoms with Gasteiger partial charge in [0.05, 0.1) is 26.0 Å². The Morgan fingerprint density at radius 1 is 1.11 bits per heavy atom. The summed E-state index contributed by atoms with van der Waals surface area (Å²) in [6.45, 7) is 8.06. The molecule has 0 aromatic rings. The van der Waals surface area contributed by atoms with Crippen LogP contribution in [0.15, 0.2) is 23.8 Å². The predicted molar refractivity (Wildman–Crippen MR) is 75.3 cm³/mol. The van der Waals surface area contributed by atoms with Crippen molar-refractivity contribution in [3.63, 3.8) is 0 Å². The van der Waals surface area contributed by atoms with Gasteiger partial charge in [0, 0.05) is 6.08 Å². The summed E-state index contributed by atoms with van der Waals surface area (Å²) in [4.78, 5) is 11.2. The van der Waals surface area contributed by atoms with E-state index in [9.17, 15) is 9.36 Å². The van der Waals surface area contributed by atoms with Gasteiger partial charge in [0.2, 0.25) is 0 Å². The minimum Gasteiger partial charge on any atom is -0.463 e. The van der Waals surface area contributed by atoms with Gasteiger partial charge < -0.3 is 13.8 Å². The van der Waals surface area contributed by atoms with E-state index in [1.165, 1.54) is 6.08 Å². The Balaban J connectivity index is 4.46. The molecule has 0 atom stereocenters. The summed E-state index contributed by atoms with van der Waals surface area (Å²) in [5.74, 6) is -0.387. The van der Waals surface area contributed by atoms with E-state index in [2.05, 4.69) is 0 Å². The lowest BCUT2D eigenvalue weighted by Crippen LogP contribution is -2.00. The first-order valence-electron chi connectivity index (χ1n) is 6.37. The maximum atomic E-state index is 12.1. The van der Waals surface area contributed by atoms with E-state index in [0.29, 0.717) is 19.8 Å². The zero-order chi connectivity index (χ0) is 14.7. The second kappa shape index (κ2) is 9.96. The van der Waals surface area contributed by atoms with Gasteiger partial charge in [-0.2, -0.15) is 0 Å². The van der Waals surface area contributed by atoms with Gasteiger partial charge in [-0.25, -0.2) is 4.79 Å². The normalized spacial score (nSPS) is 12.9. The zero-order valence-corrected chi connectivity index (χ0v) is 12.9. The quantitative estimate of drug-likeness (QED) is 0.282. The number of carbonyl (C=O) groups is 1. The van der Waals surface area contributed by atoms with Crippen LogP contribution in [-0.2, 0) is 23.1 Å². The van der Waals surface area contributed by atoms with Crippen molar-refractivity contribution in [2.75, 3.05) is 26.0 Å². The molecule has 0 aromatic carbocycles. The van der Waals surface area contributed by atoms with E-state index in [0.717, 1.165) is 5.57 Å². The molecule has 0 saturated heterocycles. The highest BCUT2D eigenvalue weighted by atomic mass is 31.2. The number of esters is 1. The maximum absolute atomic E-state index is 12.1. The fourth-order valence-electron chi connectivity index (χ4n) is 1.32. The van der Waals surface area contributed by atoms with Crippen molar-refractivity contribution in [3.8, 4) is 0 Å². The fourth-order valence-corrected chi connectivity index (χ4v) is 2.76. The SMILES string of the molecule is CCOC(=O)C=C(C)C=CCP(=O)(OCC)OCC. The number of ether oxygens (including phenoxy) is 1. The first-order valence-corrected chi connectivity index (χ1v) is 8.10. The lowest BCUT2D eigenvalue weighted by atomic mass is 10.2. The van der Waals surface area contributed by atoms with Crippen LogP contribution in [0.25, 0.3) is 0 Å². The van der Waals surface area contributed by atoms with E-state index >= 15 is 0 Å². The Labute approximate surface area is 115 Å². The predicted octanol–water partition coefficient (Wildman–Crippen LogP) is 3.32. The summed E-state index contributed by atoms with van der Waals surface area (Å²) in [7, 11) is -3.05. The second-order valence-corrected chi connectivity index (χ2v) is 5.78. The molecule has 0 saturated carbocycles. The smallest absolute Gasteiger partial charge is 0.334 e. The summed E-state index contributed by atoms with van der Waals surface area (Å²) < 4.78 is 27.2. The molecule has 0 aliphatic rings. The lowest BCUT2D eigenvalue weighted by molar-refractivity contribution is -0.137. The summed E-state index contributed by atoms with van der Waals surface area (Å²) >= 11 is 0. The van der Waals surface area contributed by atoms with Crippen molar-refractivity contribution < 1.29 is 23.1 Å². The van der Waals surface area contributed by atoms with Crippen LogP contribution >= 0.6 is 7.60 Å². The fraction of sp³-hybridized carbons (Fsp3) is 0.615. The van der Waals surface area contributed by atoms with Gasteiger partial charge in [0.15, 0.2) is 0 Å². The standard InChI is InChI=1S/C13H23O5P/c1-5-16-13(14)11-12(4)9-8-10-19(15,17-6-2)18-7-3/h8-9,11H,5-7,10H2,1-4H3. The molecule has 6 heteroatoms. The van der Waals surface area contributed by atoms with Crippen LogP contribution in [0.5, 0.6) is 0 Å². The molecule has 0 fully saturated rings. The summed E-state index contributed by atoms with van der Waals surface area (Å²) in [5, 5.41) is 0. The number of allylic oxidation sites excluding steroid dienone is 3. The highest BCUT2D eigenvalue weighted by Gasteiger charge is 2.20. The third kappa shape index (κ3) is 8.76. The van der Waals surface area contributed by atoms with Crippen molar-refractivity contribution in [3.05, 3.63) is 23.8 Å². The highest BCUT2D eigenvalue weighted by Crippen LogP contribution is 2.47. The Hall–Kier alpha value is -0.900. The summed E-state index contributed by atoms with van der Waals surface area (Å²) in [6, 6.07) is 0. The molecule has 0 bridgehead atoms. The molecule has 0 heterocycles. The molecule has 19 heavy (non-hydrogen) atoms. The van der Waals surface area contributed by atoms with Crippen LogP contribution in [0.3, 0.4) is 0 Å². The van der Waals surface area contributed by atoms with E-state index in [-0.39, 0.29) is 12.1 Å². The molecule has 0 aromatic heterocycles. The molecule has 0 radical (unpaired) electrons. The van der Waals surface area contributed by atoms with Crippen LogP contribution in [0.2, 0.25) is 0 Å². The molecule has 0 amide bonds. The van der Waals surface area contributed by atoms with Crippen LogP contribution in [-0.4, -0.2) is 32.0 Å². The topological polar surface area (TPSA) is 61.8 Å². The molecular weight excluding hydrogens is 267 g/mol.